The van der Waals surface area contributed by atoms with Crippen LogP contribution in [0.25, 0.3) is 0 Å². The van der Waals surface area contributed by atoms with Crippen LogP contribution in [0.5, 0.6) is 0 Å². The monoisotopic (exact) mass is 289 g/mol. The zero-order chi connectivity index (χ0) is 16.1. The molecule has 7 heteroatoms. The van der Waals surface area contributed by atoms with Crippen molar-refractivity contribution in [2.75, 3.05) is 0 Å². The van der Waals surface area contributed by atoms with Crippen LogP contribution < -0.4 is 5.32 Å². The number of hydrogen-bond donors (Lipinski definition) is 3. The summed E-state index contributed by atoms with van der Waals surface area (Å²) in [4.78, 5) is 34.0. The third-order valence-electron chi connectivity index (χ3n) is 2.38. The number of carbonyl (C=O) groups excluding carboxylic acids is 1. The average Bonchev–Trinajstić information content (AvgIpc) is 2.19. The molecule has 0 heterocycles. The minimum Gasteiger partial charge on any atom is -0.481 e. The lowest BCUT2D eigenvalue weighted by Crippen LogP contribution is -2.50. The minimum atomic E-state index is -1.52. The first-order valence-corrected chi connectivity index (χ1v) is 6.39. The Kier molecular flexibility index (Phi) is 6.48. The Bertz CT molecular complexity index is 372. The molecule has 0 radical (unpaired) electrons. The zero-order valence-electron chi connectivity index (χ0n) is 12.5. The molecule has 0 bridgehead atoms. The van der Waals surface area contributed by atoms with Crippen LogP contribution in [0.4, 0.5) is 4.79 Å². The number of rotatable bonds is 6. The molecule has 0 aliphatic carbocycles. The largest absolute Gasteiger partial charge is 0.481 e. The molecular formula is C13H23NO6. The van der Waals surface area contributed by atoms with Crippen molar-refractivity contribution in [2.45, 2.75) is 52.7 Å². The number of amides is 1. The molecule has 20 heavy (non-hydrogen) atoms. The van der Waals surface area contributed by atoms with Crippen LogP contribution in [0.15, 0.2) is 0 Å². The summed E-state index contributed by atoms with van der Waals surface area (Å²) < 4.78 is 4.95. The Morgan fingerprint density at radius 2 is 1.60 bits per heavy atom. The SMILES string of the molecule is CC(C)C[C@@H](C(=O)O)[C@H](NC(=O)OC(C)(C)C)C(=O)O. The van der Waals surface area contributed by atoms with E-state index < -0.39 is 35.6 Å². The summed E-state index contributed by atoms with van der Waals surface area (Å²) in [6.07, 6.45) is -0.804. The fourth-order valence-electron chi connectivity index (χ4n) is 1.66. The third-order valence-corrected chi connectivity index (χ3v) is 2.38. The molecule has 0 saturated carbocycles. The van der Waals surface area contributed by atoms with Crippen molar-refractivity contribution in [1.29, 1.82) is 0 Å². The second-order valence-electron chi connectivity index (χ2n) is 6.04. The lowest BCUT2D eigenvalue weighted by molar-refractivity contribution is -0.151. The number of ether oxygens (including phenoxy) is 1. The zero-order valence-corrected chi connectivity index (χ0v) is 12.5. The van der Waals surface area contributed by atoms with E-state index in [9.17, 15) is 14.4 Å². The van der Waals surface area contributed by atoms with Gasteiger partial charge in [-0.25, -0.2) is 9.59 Å². The first-order chi connectivity index (χ1) is 8.94. The van der Waals surface area contributed by atoms with Crippen molar-refractivity contribution in [3.63, 3.8) is 0 Å². The Labute approximate surface area is 118 Å². The topological polar surface area (TPSA) is 113 Å². The van der Waals surface area contributed by atoms with Gasteiger partial charge >= 0.3 is 18.0 Å². The molecule has 0 spiro atoms. The van der Waals surface area contributed by atoms with Gasteiger partial charge in [0.2, 0.25) is 0 Å². The molecule has 1 amide bonds. The van der Waals surface area contributed by atoms with Gasteiger partial charge in [0.25, 0.3) is 0 Å². The van der Waals surface area contributed by atoms with Crippen molar-refractivity contribution in [2.24, 2.45) is 11.8 Å². The van der Waals surface area contributed by atoms with E-state index in [0.717, 1.165) is 0 Å². The highest BCUT2D eigenvalue weighted by molar-refractivity contribution is 5.86. The van der Waals surface area contributed by atoms with Gasteiger partial charge in [-0.1, -0.05) is 13.8 Å². The highest BCUT2D eigenvalue weighted by atomic mass is 16.6. The maximum Gasteiger partial charge on any atom is 0.408 e. The summed E-state index contributed by atoms with van der Waals surface area (Å²) >= 11 is 0. The molecule has 0 aliphatic heterocycles. The normalized spacial score (nSPS) is 14.5. The molecule has 0 aromatic rings. The number of carboxylic acid groups (broad SMARTS) is 2. The van der Waals surface area contributed by atoms with Crippen molar-refractivity contribution in [3.8, 4) is 0 Å². The number of nitrogens with one attached hydrogen (secondary N) is 1. The van der Waals surface area contributed by atoms with Crippen LogP contribution in [-0.4, -0.2) is 39.9 Å². The molecule has 7 nitrogen and oxygen atoms in total. The van der Waals surface area contributed by atoms with Crippen LogP contribution in [0, 0.1) is 11.8 Å². The highest BCUT2D eigenvalue weighted by Gasteiger charge is 2.36. The predicted molar refractivity (Wildman–Crippen MR) is 71.4 cm³/mol. The predicted octanol–water partition coefficient (Wildman–Crippen LogP) is 1.71. The van der Waals surface area contributed by atoms with Gasteiger partial charge in [0.1, 0.15) is 11.6 Å². The Hall–Kier alpha value is -1.79. The Balaban J connectivity index is 4.98. The first-order valence-electron chi connectivity index (χ1n) is 6.39. The molecular weight excluding hydrogens is 266 g/mol. The quantitative estimate of drug-likeness (QED) is 0.686. The van der Waals surface area contributed by atoms with Crippen LogP contribution in [0.1, 0.15) is 41.0 Å². The molecule has 0 aromatic heterocycles. The molecule has 3 N–H and O–H groups in total. The lowest BCUT2D eigenvalue weighted by atomic mass is 9.90. The summed E-state index contributed by atoms with van der Waals surface area (Å²) in [5.74, 6) is -3.88. The minimum absolute atomic E-state index is 0.0154. The summed E-state index contributed by atoms with van der Waals surface area (Å²) in [6, 6.07) is -1.52. The fourth-order valence-corrected chi connectivity index (χ4v) is 1.66. The van der Waals surface area contributed by atoms with Gasteiger partial charge in [-0.15, -0.1) is 0 Å². The summed E-state index contributed by atoms with van der Waals surface area (Å²) in [7, 11) is 0. The van der Waals surface area contributed by atoms with Crippen LogP contribution in [0.3, 0.4) is 0 Å². The molecule has 0 fully saturated rings. The van der Waals surface area contributed by atoms with E-state index in [1.54, 1.807) is 34.6 Å². The van der Waals surface area contributed by atoms with E-state index in [1.807, 2.05) is 0 Å². The van der Waals surface area contributed by atoms with Crippen molar-refractivity contribution in [1.82, 2.24) is 5.32 Å². The van der Waals surface area contributed by atoms with E-state index in [4.69, 9.17) is 14.9 Å². The fraction of sp³-hybridized carbons (Fsp3) is 0.769. The maximum absolute atomic E-state index is 11.6. The standard InChI is InChI=1S/C13H23NO6/c1-7(2)6-8(10(15)16)9(11(17)18)14-12(19)20-13(3,4)5/h7-9H,6H2,1-5H3,(H,14,19)(H,15,16)(H,17,18)/t8-,9+/m1/s1. The Morgan fingerprint density at radius 3 is 1.90 bits per heavy atom. The van der Waals surface area contributed by atoms with Crippen molar-refractivity contribution in [3.05, 3.63) is 0 Å². The van der Waals surface area contributed by atoms with Gasteiger partial charge < -0.3 is 20.3 Å². The number of hydrogen-bond acceptors (Lipinski definition) is 4. The number of carboxylic acids is 2. The average molecular weight is 289 g/mol. The molecule has 116 valence electrons. The number of carbonyl (C=O) groups is 3. The third kappa shape index (κ3) is 6.96. The van der Waals surface area contributed by atoms with Gasteiger partial charge in [0.05, 0.1) is 5.92 Å². The Morgan fingerprint density at radius 1 is 1.10 bits per heavy atom. The summed E-state index contributed by atoms with van der Waals surface area (Å²) in [5, 5.41) is 20.4. The molecule has 0 unspecified atom stereocenters. The van der Waals surface area contributed by atoms with Gasteiger partial charge in [0, 0.05) is 0 Å². The molecule has 2 atom stereocenters. The maximum atomic E-state index is 11.6. The van der Waals surface area contributed by atoms with Crippen LogP contribution in [-0.2, 0) is 14.3 Å². The second kappa shape index (κ2) is 7.12. The van der Waals surface area contributed by atoms with Crippen molar-refractivity contribution < 1.29 is 29.3 Å². The summed E-state index contributed by atoms with van der Waals surface area (Å²) in [5.41, 5.74) is -0.788. The molecule has 0 saturated heterocycles. The van der Waals surface area contributed by atoms with Crippen LogP contribution in [0.2, 0.25) is 0 Å². The van der Waals surface area contributed by atoms with E-state index in [2.05, 4.69) is 5.32 Å². The molecule has 0 aliphatic rings. The molecule has 0 rings (SSSR count). The van der Waals surface area contributed by atoms with Crippen LogP contribution >= 0.6 is 0 Å². The van der Waals surface area contributed by atoms with E-state index in [1.165, 1.54) is 0 Å². The first kappa shape index (κ1) is 18.2. The van der Waals surface area contributed by atoms with E-state index in [-0.39, 0.29) is 12.3 Å². The molecule has 0 aromatic carbocycles. The number of aliphatic carboxylic acids is 2. The smallest absolute Gasteiger partial charge is 0.408 e. The van der Waals surface area contributed by atoms with E-state index >= 15 is 0 Å². The lowest BCUT2D eigenvalue weighted by Gasteiger charge is -2.25. The van der Waals surface area contributed by atoms with Gasteiger partial charge in [0.15, 0.2) is 0 Å². The van der Waals surface area contributed by atoms with Gasteiger partial charge in [-0.3, -0.25) is 4.79 Å². The highest BCUT2D eigenvalue weighted by Crippen LogP contribution is 2.17. The second-order valence-corrected chi connectivity index (χ2v) is 6.04. The van der Waals surface area contributed by atoms with Gasteiger partial charge in [-0.2, -0.15) is 0 Å². The number of alkyl carbamates (subject to hydrolysis) is 1. The van der Waals surface area contributed by atoms with E-state index in [0.29, 0.717) is 0 Å². The van der Waals surface area contributed by atoms with Crippen molar-refractivity contribution >= 4 is 18.0 Å². The van der Waals surface area contributed by atoms with Gasteiger partial charge in [-0.05, 0) is 33.1 Å². The summed E-state index contributed by atoms with van der Waals surface area (Å²) in [6.45, 7) is 8.45.